The number of halogens is 2. The van der Waals surface area contributed by atoms with Gasteiger partial charge in [-0.2, -0.15) is 0 Å². The number of nitrogens with two attached hydrogens (primary N) is 1. The first kappa shape index (κ1) is 18.1. The molecule has 0 atom stereocenters. The maximum atomic E-state index is 14.9. The molecule has 2 aromatic heterocycles. The molecule has 0 saturated heterocycles. The molecule has 2 heterocycles. The average Bonchev–Trinajstić information content (AvgIpc) is 3.51. The van der Waals surface area contributed by atoms with Crippen LogP contribution >= 0.6 is 0 Å². The Morgan fingerprint density at radius 2 is 1.79 bits per heavy atom. The van der Waals surface area contributed by atoms with E-state index in [1.807, 2.05) is 0 Å². The van der Waals surface area contributed by atoms with Crippen LogP contribution in [0.5, 0.6) is 11.5 Å². The molecule has 9 heteroatoms. The van der Waals surface area contributed by atoms with Crippen LogP contribution in [-0.4, -0.2) is 35.7 Å². The SMILES string of the molecule is COc1cc(OC)c(F)c(-c2cc3cnc(N)nc3c(NCC3CC3)n2)c1F. The molecule has 146 valence electrons. The predicted octanol–water partition coefficient (Wildman–Crippen LogP) is 3.39. The molecule has 1 aliphatic carbocycles. The summed E-state index contributed by atoms with van der Waals surface area (Å²) in [5.41, 5.74) is 5.93. The van der Waals surface area contributed by atoms with Crippen molar-refractivity contribution in [3.63, 3.8) is 0 Å². The van der Waals surface area contributed by atoms with Crippen molar-refractivity contribution in [1.82, 2.24) is 15.0 Å². The summed E-state index contributed by atoms with van der Waals surface area (Å²) in [7, 11) is 2.60. The minimum Gasteiger partial charge on any atom is -0.494 e. The van der Waals surface area contributed by atoms with Gasteiger partial charge in [-0.3, -0.25) is 0 Å². The number of anilines is 2. The maximum absolute atomic E-state index is 14.9. The van der Waals surface area contributed by atoms with Crippen LogP contribution in [0.25, 0.3) is 22.2 Å². The third-order valence-corrected chi connectivity index (χ3v) is 4.67. The zero-order chi connectivity index (χ0) is 19.8. The maximum Gasteiger partial charge on any atom is 0.220 e. The van der Waals surface area contributed by atoms with Gasteiger partial charge in [-0.15, -0.1) is 0 Å². The lowest BCUT2D eigenvalue weighted by molar-refractivity contribution is 0.359. The summed E-state index contributed by atoms with van der Waals surface area (Å²) in [6.45, 7) is 0.696. The number of rotatable bonds is 6. The van der Waals surface area contributed by atoms with Crippen LogP contribution in [0.15, 0.2) is 18.3 Å². The van der Waals surface area contributed by atoms with Crippen LogP contribution in [0.3, 0.4) is 0 Å². The van der Waals surface area contributed by atoms with Gasteiger partial charge in [-0.05, 0) is 24.8 Å². The van der Waals surface area contributed by atoms with Crippen molar-refractivity contribution in [3.05, 3.63) is 30.0 Å². The summed E-state index contributed by atoms with van der Waals surface area (Å²) in [6, 6.07) is 2.67. The number of nitrogen functional groups attached to an aromatic ring is 1. The van der Waals surface area contributed by atoms with E-state index < -0.39 is 11.6 Å². The number of aromatic nitrogens is 3. The van der Waals surface area contributed by atoms with Crippen molar-refractivity contribution < 1.29 is 18.3 Å². The highest BCUT2D eigenvalue weighted by Gasteiger charge is 2.25. The van der Waals surface area contributed by atoms with Gasteiger partial charge in [0.15, 0.2) is 29.0 Å². The van der Waals surface area contributed by atoms with E-state index in [-0.39, 0.29) is 28.7 Å². The monoisotopic (exact) mass is 387 g/mol. The number of benzene rings is 1. The van der Waals surface area contributed by atoms with Crippen molar-refractivity contribution in [1.29, 1.82) is 0 Å². The highest BCUT2D eigenvalue weighted by Crippen LogP contribution is 2.38. The number of nitrogens with one attached hydrogen (secondary N) is 1. The minimum absolute atomic E-state index is 0.0753. The van der Waals surface area contributed by atoms with Gasteiger partial charge in [-0.1, -0.05) is 0 Å². The first-order chi connectivity index (χ1) is 13.5. The average molecular weight is 387 g/mol. The molecular formula is C19H19F2N5O2. The van der Waals surface area contributed by atoms with Crippen LogP contribution in [-0.2, 0) is 0 Å². The lowest BCUT2D eigenvalue weighted by atomic mass is 10.1. The topological polar surface area (TPSA) is 95.2 Å². The number of hydrogen-bond acceptors (Lipinski definition) is 7. The molecule has 1 fully saturated rings. The minimum atomic E-state index is -0.864. The molecule has 7 nitrogen and oxygen atoms in total. The summed E-state index contributed by atoms with van der Waals surface area (Å²) >= 11 is 0. The molecule has 1 aromatic carbocycles. The Kier molecular flexibility index (Phi) is 4.58. The number of pyridine rings is 1. The lowest BCUT2D eigenvalue weighted by Crippen LogP contribution is -2.08. The Morgan fingerprint density at radius 3 is 2.39 bits per heavy atom. The Balaban J connectivity index is 1.92. The number of fused-ring (bicyclic) bond motifs is 1. The third-order valence-electron chi connectivity index (χ3n) is 4.67. The molecule has 1 saturated carbocycles. The normalized spacial score (nSPS) is 13.6. The number of methoxy groups -OCH3 is 2. The van der Waals surface area contributed by atoms with Gasteiger partial charge in [0.05, 0.1) is 25.5 Å². The van der Waals surface area contributed by atoms with Crippen molar-refractivity contribution in [2.24, 2.45) is 5.92 Å². The van der Waals surface area contributed by atoms with Crippen molar-refractivity contribution in [2.45, 2.75) is 12.8 Å². The van der Waals surface area contributed by atoms with Gasteiger partial charge >= 0.3 is 0 Å². The highest BCUT2D eigenvalue weighted by atomic mass is 19.1. The van der Waals surface area contributed by atoms with Crippen LogP contribution in [0, 0.1) is 17.6 Å². The molecular weight excluding hydrogens is 368 g/mol. The largest absolute Gasteiger partial charge is 0.494 e. The summed E-state index contributed by atoms with van der Waals surface area (Å²) in [6.07, 6.45) is 3.77. The Labute approximate surface area is 159 Å². The van der Waals surface area contributed by atoms with E-state index in [1.165, 1.54) is 26.5 Å². The Morgan fingerprint density at radius 1 is 1.11 bits per heavy atom. The fourth-order valence-corrected chi connectivity index (χ4v) is 2.98. The first-order valence-corrected chi connectivity index (χ1v) is 8.79. The van der Waals surface area contributed by atoms with Crippen molar-refractivity contribution in [2.75, 3.05) is 31.8 Å². The molecule has 0 unspecified atom stereocenters. The van der Waals surface area contributed by atoms with E-state index in [0.29, 0.717) is 29.2 Å². The van der Waals surface area contributed by atoms with E-state index >= 15 is 0 Å². The van der Waals surface area contributed by atoms with E-state index in [4.69, 9.17) is 15.2 Å². The zero-order valence-corrected chi connectivity index (χ0v) is 15.4. The van der Waals surface area contributed by atoms with Crippen molar-refractivity contribution in [3.8, 4) is 22.8 Å². The molecule has 0 radical (unpaired) electrons. The second-order valence-electron chi connectivity index (χ2n) is 6.63. The van der Waals surface area contributed by atoms with E-state index in [2.05, 4.69) is 20.3 Å². The second-order valence-corrected chi connectivity index (χ2v) is 6.63. The van der Waals surface area contributed by atoms with Crippen LogP contribution in [0.2, 0.25) is 0 Å². The van der Waals surface area contributed by atoms with Gasteiger partial charge in [0.1, 0.15) is 5.52 Å². The van der Waals surface area contributed by atoms with Gasteiger partial charge in [0.25, 0.3) is 0 Å². The first-order valence-electron chi connectivity index (χ1n) is 8.79. The smallest absolute Gasteiger partial charge is 0.220 e. The van der Waals surface area contributed by atoms with Crippen LogP contribution in [0.1, 0.15) is 12.8 Å². The van der Waals surface area contributed by atoms with E-state index in [1.54, 1.807) is 0 Å². The summed E-state index contributed by atoms with van der Waals surface area (Å²) in [5.74, 6) is -0.960. The molecule has 28 heavy (non-hydrogen) atoms. The second kappa shape index (κ2) is 7.06. The van der Waals surface area contributed by atoms with Crippen LogP contribution < -0.4 is 20.5 Å². The van der Waals surface area contributed by atoms with E-state index in [0.717, 1.165) is 18.9 Å². The van der Waals surface area contributed by atoms with Gasteiger partial charge in [-0.25, -0.2) is 23.7 Å². The third kappa shape index (κ3) is 3.23. The number of ether oxygens (including phenoxy) is 2. The molecule has 1 aliphatic rings. The summed E-state index contributed by atoms with van der Waals surface area (Å²) < 4.78 is 39.9. The lowest BCUT2D eigenvalue weighted by Gasteiger charge is -2.14. The fourth-order valence-electron chi connectivity index (χ4n) is 2.98. The summed E-state index contributed by atoms with van der Waals surface area (Å²) in [5, 5.41) is 3.77. The quantitative estimate of drug-likeness (QED) is 0.669. The Bertz CT molecular complexity index is 1030. The highest BCUT2D eigenvalue weighted by molar-refractivity contribution is 5.91. The molecule has 0 spiro atoms. The van der Waals surface area contributed by atoms with Gasteiger partial charge in [0.2, 0.25) is 5.95 Å². The molecule has 0 amide bonds. The number of nitrogens with zero attached hydrogens (tertiary/aromatic N) is 3. The molecule has 0 aliphatic heterocycles. The van der Waals surface area contributed by atoms with E-state index in [9.17, 15) is 8.78 Å². The summed E-state index contributed by atoms with van der Waals surface area (Å²) in [4.78, 5) is 12.6. The van der Waals surface area contributed by atoms with Crippen molar-refractivity contribution >= 4 is 22.7 Å². The molecule has 0 bridgehead atoms. The fraction of sp³-hybridized carbons (Fsp3) is 0.316. The predicted molar refractivity (Wildman–Crippen MR) is 101 cm³/mol. The molecule has 3 aromatic rings. The number of hydrogen-bond donors (Lipinski definition) is 2. The Hall–Kier alpha value is -3.23. The van der Waals surface area contributed by atoms with Gasteiger partial charge < -0.3 is 20.5 Å². The zero-order valence-electron chi connectivity index (χ0n) is 15.4. The van der Waals surface area contributed by atoms with Crippen LogP contribution in [0.4, 0.5) is 20.5 Å². The van der Waals surface area contributed by atoms with Gasteiger partial charge in [0, 0.05) is 24.2 Å². The molecule has 3 N–H and O–H groups in total. The standard InChI is InChI=1S/C19H19F2N5O2/c1-27-12-6-13(28-2)16(21)14(15(12)20)11-5-10-8-24-19(22)26-17(10)18(25-11)23-7-9-3-4-9/h5-6,8-9H,3-4,7H2,1-2H3,(H,23,25)(H2,22,24,26). The molecule has 4 rings (SSSR count).